The number of hydrogen-bond donors (Lipinski definition) is 1. The molecule has 0 saturated carbocycles. The van der Waals surface area contributed by atoms with Crippen molar-refractivity contribution in [3.05, 3.63) is 35.4 Å². The molecule has 4 nitrogen and oxygen atoms in total. The first-order chi connectivity index (χ1) is 12.4. The van der Waals surface area contributed by atoms with Gasteiger partial charge in [0, 0.05) is 32.3 Å². The Morgan fingerprint density at radius 3 is 2.69 bits per heavy atom. The summed E-state index contributed by atoms with van der Waals surface area (Å²) in [6.07, 6.45) is -2.16. The summed E-state index contributed by atoms with van der Waals surface area (Å²) in [4.78, 5) is 6.39. The second-order valence-electron chi connectivity index (χ2n) is 5.92. The molecule has 26 heavy (non-hydrogen) atoms. The Morgan fingerprint density at radius 1 is 1.35 bits per heavy atom. The summed E-state index contributed by atoms with van der Waals surface area (Å²) in [7, 11) is 1.71. The van der Waals surface area contributed by atoms with E-state index >= 15 is 0 Å². The minimum Gasteiger partial charge on any atom is -0.378 e. The molecule has 1 heterocycles. The van der Waals surface area contributed by atoms with Gasteiger partial charge in [0.05, 0.1) is 18.2 Å². The number of guanidine groups is 1. The number of piperidine rings is 1. The lowest BCUT2D eigenvalue weighted by molar-refractivity contribution is -0.137. The van der Waals surface area contributed by atoms with Gasteiger partial charge in [0.15, 0.2) is 5.96 Å². The van der Waals surface area contributed by atoms with Gasteiger partial charge in [-0.15, -0.1) is 0 Å². The molecular formula is C19H24F3N3O. The summed E-state index contributed by atoms with van der Waals surface area (Å²) in [6.45, 7) is 4.74. The van der Waals surface area contributed by atoms with E-state index in [9.17, 15) is 13.2 Å². The smallest absolute Gasteiger partial charge is 0.378 e. The second kappa shape index (κ2) is 9.48. The van der Waals surface area contributed by atoms with Crippen molar-refractivity contribution in [3.63, 3.8) is 0 Å². The van der Waals surface area contributed by atoms with Crippen molar-refractivity contribution < 1.29 is 17.9 Å². The molecule has 1 aromatic carbocycles. The van der Waals surface area contributed by atoms with Crippen LogP contribution in [0.25, 0.3) is 0 Å². The molecule has 1 fully saturated rings. The van der Waals surface area contributed by atoms with Crippen LogP contribution in [0.5, 0.6) is 0 Å². The molecule has 0 atom stereocenters. The third kappa shape index (κ3) is 5.95. The predicted molar refractivity (Wildman–Crippen MR) is 95.9 cm³/mol. The lowest BCUT2D eigenvalue weighted by atomic mass is 10.1. The minimum absolute atomic E-state index is 0.301. The van der Waals surface area contributed by atoms with Gasteiger partial charge in [-0.1, -0.05) is 17.9 Å². The van der Waals surface area contributed by atoms with Crippen LogP contribution < -0.4 is 5.32 Å². The van der Waals surface area contributed by atoms with Gasteiger partial charge in [-0.2, -0.15) is 13.2 Å². The summed E-state index contributed by atoms with van der Waals surface area (Å²) < 4.78 is 43.7. The average Bonchev–Trinajstić information content (AvgIpc) is 2.63. The van der Waals surface area contributed by atoms with Crippen LogP contribution in [-0.2, 0) is 10.9 Å². The topological polar surface area (TPSA) is 36.9 Å². The maximum atomic E-state index is 12.7. The Bertz CT molecular complexity index is 669. The zero-order valence-electron chi connectivity index (χ0n) is 15.1. The van der Waals surface area contributed by atoms with E-state index in [1.54, 1.807) is 13.1 Å². The van der Waals surface area contributed by atoms with Gasteiger partial charge in [0.1, 0.15) is 0 Å². The first-order valence-electron chi connectivity index (χ1n) is 8.67. The van der Waals surface area contributed by atoms with E-state index in [-0.39, 0.29) is 0 Å². The van der Waals surface area contributed by atoms with Crippen LogP contribution in [0.3, 0.4) is 0 Å². The monoisotopic (exact) mass is 367 g/mol. The van der Waals surface area contributed by atoms with Gasteiger partial charge in [-0.3, -0.25) is 4.99 Å². The number of likely N-dealkylation sites (tertiary alicyclic amines) is 1. The van der Waals surface area contributed by atoms with E-state index in [0.717, 1.165) is 50.6 Å². The molecule has 1 saturated heterocycles. The highest BCUT2D eigenvalue weighted by molar-refractivity contribution is 5.80. The van der Waals surface area contributed by atoms with Crippen molar-refractivity contribution in [2.45, 2.75) is 32.0 Å². The molecule has 0 radical (unpaired) electrons. The molecule has 1 N–H and O–H groups in total. The molecule has 2 rings (SSSR count). The lowest BCUT2D eigenvalue weighted by Crippen LogP contribution is -2.47. The molecule has 1 aliphatic rings. The molecule has 1 aromatic rings. The van der Waals surface area contributed by atoms with Crippen LogP contribution in [-0.4, -0.2) is 50.3 Å². The highest BCUT2D eigenvalue weighted by atomic mass is 19.4. The SMILES string of the molecule is CCOC1CCN(C(=NC)NCC#Cc2cccc(C(F)(F)F)c2)CC1. The zero-order valence-corrected chi connectivity index (χ0v) is 15.1. The summed E-state index contributed by atoms with van der Waals surface area (Å²) in [6, 6.07) is 5.02. The normalized spacial score (nSPS) is 16.2. The fourth-order valence-electron chi connectivity index (χ4n) is 2.85. The maximum Gasteiger partial charge on any atom is 0.416 e. The molecule has 142 valence electrons. The number of hydrogen-bond acceptors (Lipinski definition) is 2. The van der Waals surface area contributed by atoms with Crippen LogP contribution in [0.1, 0.15) is 30.9 Å². The second-order valence-corrected chi connectivity index (χ2v) is 5.92. The number of rotatable bonds is 3. The first-order valence-corrected chi connectivity index (χ1v) is 8.67. The number of ether oxygens (including phenoxy) is 1. The molecule has 0 spiro atoms. The third-order valence-corrected chi connectivity index (χ3v) is 4.11. The van der Waals surface area contributed by atoms with Crippen molar-refractivity contribution >= 4 is 5.96 Å². The molecule has 0 amide bonds. The van der Waals surface area contributed by atoms with Gasteiger partial charge >= 0.3 is 6.18 Å². The molecule has 0 unspecified atom stereocenters. The summed E-state index contributed by atoms with van der Waals surface area (Å²) >= 11 is 0. The van der Waals surface area contributed by atoms with E-state index in [0.29, 0.717) is 18.2 Å². The summed E-state index contributed by atoms with van der Waals surface area (Å²) in [5.74, 6) is 6.36. The van der Waals surface area contributed by atoms with E-state index in [1.165, 1.54) is 6.07 Å². The van der Waals surface area contributed by atoms with Crippen molar-refractivity contribution in [1.29, 1.82) is 0 Å². The first kappa shape index (κ1) is 20.1. The van der Waals surface area contributed by atoms with Crippen LogP contribution in [0.2, 0.25) is 0 Å². The predicted octanol–water partition coefficient (Wildman–Crippen LogP) is 3.13. The standard InChI is InChI=1S/C19H24F3N3O/c1-3-26-17-9-12-25(13-10-17)18(23-2)24-11-5-7-15-6-4-8-16(14-15)19(20,21)22/h4,6,8,14,17H,3,9-13H2,1-2H3,(H,23,24). The largest absolute Gasteiger partial charge is 0.416 e. The van der Waals surface area contributed by atoms with Crippen molar-refractivity contribution in [3.8, 4) is 11.8 Å². The molecule has 1 aliphatic heterocycles. The molecule has 0 aromatic heterocycles. The van der Waals surface area contributed by atoms with E-state index < -0.39 is 11.7 Å². The van der Waals surface area contributed by atoms with E-state index in [4.69, 9.17) is 4.74 Å². The Labute approximate surface area is 152 Å². The Morgan fingerprint density at radius 2 is 2.08 bits per heavy atom. The van der Waals surface area contributed by atoms with Gasteiger partial charge in [-0.05, 0) is 38.0 Å². The zero-order chi connectivity index (χ0) is 19.0. The number of benzene rings is 1. The van der Waals surface area contributed by atoms with Crippen LogP contribution in [0.4, 0.5) is 13.2 Å². The molecular weight excluding hydrogens is 343 g/mol. The van der Waals surface area contributed by atoms with Crippen molar-refractivity contribution in [2.24, 2.45) is 4.99 Å². The van der Waals surface area contributed by atoms with Crippen LogP contribution in [0, 0.1) is 11.8 Å². The quantitative estimate of drug-likeness (QED) is 0.507. The van der Waals surface area contributed by atoms with E-state index in [1.807, 2.05) is 6.92 Å². The number of aliphatic imine (C=N–C) groups is 1. The number of nitrogens with zero attached hydrogens (tertiary/aromatic N) is 2. The highest BCUT2D eigenvalue weighted by Gasteiger charge is 2.30. The Balaban J connectivity index is 1.86. The molecule has 0 bridgehead atoms. The van der Waals surface area contributed by atoms with Crippen LogP contribution >= 0.6 is 0 Å². The number of halogens is 3. The van der Waals surface area contributed by atoms with Crippen molar-refractivity contribution in [1.82, 2.24) is 10.2 Å². The fourth-order valence-corrected chi connectivity index (χ4v) is 2.85. The van der Waals surface area contributed by atoms with Crippen molar-refractivity contribution in [2.75, 3.05) is 33.3 Å². The van der Waals surface area contributed by atoms with Gasteiger partial charge in [0.2, 0.25) is 0 Å². The maximum absolute atomic E-state index is 12.7. The summed E-state index contributed by atoms with van der Waals surface area (Å²) in [5, 5.41) is 3.14. The van der Waals surface area contributed by atoms with Gasteiger partial charge in [-0.25, -0.2) is 0 Å². The molecule has 0 aliphatic carbocycles. The highest BCUT2D eigenvalue weighted by Crippen LogP contribution is 2.29. The van der Waals surface area contributed by atoms with Gasteiger partial charge < -0.3 is 15.0 Å². The average molecular weight is 367 g/mol. The number of nitrogens with one attached hydrogen (secondary N) is 1. The number of alkyl halides is 3. The molecule has 7 heteroatoms. The van der Waals surface area contributed by atoms with E-state index in [2.05, 4.69) is 27.0 Å². The van der Waals surface area contributed by atoms with Gasteiger partial charge in [0.25, 0.3) is 0 Å². The minimum atomic E-state index is -4.36. The summed E-state index contributed by atoms with van der Waals surface area (Å²) in [5.41, 5.74) is -0.348. The lowest BCUT2D eigenvalue weighted by Gasteiger charge is -2.33. The fraction of sp³-hybridized carbons (Fsp3) is 0.526. The Kier molecular flexibility index (Phi) is 7.34. The third-order valence-electron chi connectivity index (χ3n) is 4.11. The van der Waals surface area contributed by atoms with Crippen LogP contribution in [0.15, 0.2) is 29.3 Å². The Hall–Kier alpha value is -2.20.